The lowest BCUT2D eigenvalue weighted by atomic mass is 9.94. The molecule has 0 aromatic heterocycles. The number of hydrogen-bond acceptors (Lipinski definition) is 3. The maximum atomic E-state index is 12.5. The molecule has 1 aliphatic carbocycles. The zero-order valence-corrected chi connectivity index (χ0v) is 14.6. The standard InChI is InChI=1S/C19H23NO3S/c1-14-3-2-4-16(13-14)15-5-11-19(12-6-15)24(22,23)20-17-7-9-18(21)10-8-17/h2-6,11-13,17-18,20-21H,7-10H2,1H3. The minimum Gasteiger partial charge on any atom is -0.393 e. The summed E-state index contributed by atoms with van der Waals surface area (Å²) in [5, 5.41) is 9.52. The van der Waals surface area contributed by atoms with Crippen LogP contribution in [0.15, 0.2) is 53.4 Å². The van der Waals surface area contributed by atoms with Gasteiger partial charge in [0, 0.05) is 6.04 Å². The molecule has 0 atom stereocenters. The van der Waals surface area contributed by atoms with E-state index in [-0.39, 0.29) is 17.0 Å². The third kappa shape index (κ3) is 4.04. The Morgan fingerprint density at radius 2 is 1.62 bits per heavy atom. The lowest BCUT2D eigenvalue weighted by Gasteiger charge is -2.26. The van der Waals surface area contributed by atoms with Crippen molar-refractivity contribution >= 4 is 10.0 Å². The van der Waals surface area contributed by atoms with Crippen LogP contribution < -0.4 is 4.72 Å². The van der Waals surface area contributed by atoms with Crippen LogP contribution in [0.1, 0.15) is 31.2 Å². The van der Waals surface area contributed by atoms with Gasteiger partial charge in [-0.05, 0) is 55.9 Å². The van der Waals surface area contributed by atoms with Gasteiger partial charge in [-0.1, -0.05) is 42.0 Å². The summed E-state index contributed by atoms with van der Waals surface area (Å²) in [4.78, 5) is 0.282. The zero-order chi connectivity index (χ0) is 17.2. The molecular formula is C19H23NO3S. The molecule has 2 aromatic carbocycles. The van der Waals surface area contributed by atoms with Crippen LogP contribution in [0.2, 0.25) is 0 Å². The number of rotatable bonds is 4. The minimum absolute atomic E-state index is 0.0881. The third-order valence-corrected chi connectivity index (χ3v) is 6.07. The highest BCUT2D eigenvalue weighted by atomic mass is 32.2. The SMILES string of the molecule is Cc1cccc(-c2ccc(S(=O)(=O)NC3CCC(O)CC3)cc2)c1. The topological polar surface area (TPSA) is 66.4 Å². The molecule has 2 aromatic rings. The first kappa shape index (κ1) is 17.1. The lowest BCUT2D eigenvalue weighted by molar-refractivity contribution is 0.120. The van der Waals surface area contributed by atoms with Gasteiger partial charge in [-0.15, -0.1) is 0 Å². The van der Waals surface area contributed by atoms with E-state index in [4.69, 9.17) is 0 Å². The highest BCUT2D eigenvalue weighted by Gasteiger charge is 2.24. The van der Waals surface area contributed by atoms with Gasteiger partial charge in [0.2, 0.25) is 10.0 Å². The van der Waals surface area contributed by atoms with Crippen LogP contribution in [0.4, 0.5) is 0 Å². The molecule has 2 N–H and O–H groups in total. The Morgan fingerprint density at radius 3 is 2.25 bits per heavy atom. The Morgan fingerprint density at radius 1 is 0.958 bits per heavy atom. The summed E-state index contributed by atoms with van der Waals surface area (Å²) < 4.78 is 27.8. The average molecular weight is 345 g/mol. The van der Waals surface area contributed by atoms with E-state index in [1.807, 2.05) is 37.3 Å². The van der Waals surface area contributed by atoms with Gasteiger partial charge in [0.25, 0.3) is 0 Å². The first-order valence-electron chi connectivity index (χ1n) is 8.31. The number of hydrogen-bond donors (Lipinski definition) is 2. The van der Waals surface area contributed by atoms with Crippen LogP contribution in [-0.4, -0.2) is 25.7 Å². The van der Waals surface area contributed by atoms with Crippen molar-refractivity contribution in [3.05, 3.63) is 54.1 Å². The minimum atomic E-state index is -3.52. The van der Waals surface area contributed by atoms with Gasteiger partial charge in [0.1, 0.15) is 0 Å². The second-order valence-electron chi connectivity index (χ2n) is 6.52. The molecule has 0 saturated heterocycles. The highest BCUT2D eigenvalue weighted by Crippen LogP contribution is 2.24. The quantitative estimate of drug-likeness (QED) is 0.894. The van der Waals surface area contributed by atoms with Crippen molar-refractivity contribution in [2.75, 3.05) is 0 Å². The van der Waals surface area contributed by atoms with Crippen LogP contribution in [0, 0.1) is 6.92 Å². The summed E-state index contributed by atoms with van der Waals surface area (Å²) in [6, 6.07) is 15.0. The van der Waals surface area contributed by atoms with Gasteiger partial charge in [-0.3, -0.25) is 0 Å². The molecule has 0 aliphatic heterocycles. The number of sulfonamides is 1. The maximum Gasteiger partial charge on any atom is 0.240 e. The van der Waals surface area contributed by atoms with E-state index in [9.17, 15) is 13.5 Å². The predicted octanol–water partition coefficient (Wildman–Crippen LogP) is 3.24. The van der Waals surface area contributed by atoms with E-state index in [1.165, 1.54) is 5.56 Å². The van der Waals surface area contributed by atoms with Crippen molar-refractivity contribution in [1.29, 1.82) is 0 Å². The average Bonchev–Trinajstić information content (AvgIpc) is 2.57. The van der Waals surface area contributed by atoms with Crippen LogP contribution in [0.3, 0.4) is 0 Å². The van der Waals surface area contributed by atoms with E-state index in [2.05, 4.69) is 10.8 Å². The normalized spacial score (nSPS) is 21.6. The van der Waals surface area contributed by atoms with E-state index < -0.39 is 10.0 Å². The summed E-state index contributed by atoms with van der Waals surface area (Å²) in [5.74, 6) is 0. The first-order chi connectivity index (χ1) is 11.4. The molecule has 1 saturated carbocycles. The molecule has 1 aliphatic rings. The van der Waals surface area contributed by atoms with Gasteiger partial charge >= 0.3 is 0 Å². The molecule has 0 heterocycles. The fourth-order valence-corrected chi connectivity index (χ4v) is 4.44. The van der Waals surface area contributed by atoms with Gasteiger partial charge in [0.05, 0.1) is 11.0 Å². The van der Waals surface area contributed by atoms with Gasteiger partial charge < -0.3 is 5.11 Å². The van der Waals surface area contributed by atoms with Crippen LogP contribution in [0.25, 0.3) is 11.1 Å². The smallest absolute Gasteiger partial charge is 0.240 e. The Hall–Kier alpha value is -1.69. The lowest BCUT2D eigenvalue weighted by Crippen LogP contribution is -2.38. The van der Waals surface area contributed by atoms with Crippen LogP contribution in [-0.2, 0) is 10.0 Å². The molecule has 0 unspecified atom stereocenters. The van der Waals surface area contributed by atoms with Crippen molar-refractivity contribution in [1.82, 2.24) is 4.72 Å². The Labute approximate surface area is 143 Å². The van der Waals surface area contributed by atoms with Crippen molar-refractivity contribution in [2.24, 2.45) is 0 Å². The largest absolute Gasteiger partial charge is 0.393 e. The Balaban J connectivity index is 1.74. The molecule has 3 rings (SSSR count). The first-order valence-corrected chi connectivity index (χ1v) is 9.80. The molecule has 0 radical (unpaired) electrons. The van der Waals surface area contributed by atoms with Crippen molar-refractivity contribution in [3.63, 3.8) is 0 Å². The number of aliphatic hydroxyl groups is 1. The zero-order valence-electron chi connectivity index (χ0n) is 13.8. The van der Waals surface area contributed by atoms with E-state index in [1.54, 1.807) is 12.1 Å². The number of benzene rings is 2. The van der Waals surface area contributed by atoms with Crippen LogP contribution >= 0.6 is 0 Å². The molecule has 0 spiro atoms. The van der Waals surface area contributed by atoms with Gasteiger partial charge in [-0.25, -0.2) is 13.1 Å². The molecule has 128 valence electrons. The van der Waals surface area contributed by atoms with Crippen molar-refractivity contribution in [3.8, 4) is 11.1 Å². The summed E-state index contributed by atoms with van der Waals surface area (Å²) in [6.07, 6.45) is 2.38. The fraction of sp³-hybridized carbons (Fsp3) is 0.368. The van der Waals surface area contributed by atoms with E-state index >= 15 is 0 Å². The number of nitrogens with one attached hydrogen (secondary N) is 1. The predicted molar refractivity (Wildman–Crippen MR) is 95.2 cm³/mol. The molecule has 4 nitrogen and oxygen atoms in total. The highest BCUT2D eigenvalue weighted by molar-refractivity contribution is 7.89. The fourth-order valence-electron chi connectivity index (χ4n) is 3.13. The molecule has 0 bridgehead atoms. The summed E-state index contributed by atoms with van der Waals surface area (Å²) >= 11 is 0. The summed E-state index contributed by atoms with van der Waals surface area (Å²) in [6.45, 7) is 2.04. The molecule has 24 heavy (non-hydrogen) atoms. The van der Waals surface area contributed by atoms with E-state index in [0.29, 0.717) is 25.7 Å². The van der Waals surface area contributed by atoms with Crippen LogP contribution in [0.5, 0.6) is 0 Å². The Kier molecular flexibility index (Phi) is 5.04. The monoisotopic (exact) mass is 345 g/mol. The van der Waals surface area contributed by atoms with Crippen molar-refractivity contribution < 1.29 is 13.5 Å². The molecule has 1 fully saturated rings. The van der Waals surface area contributed by atoms with E-state index in [0.717, 1.165) is 11.1 Å². The second kappa shape index (κ2) is 7.05. The molecule has 5 heteroatoms. The number of aryl methyl sites for hydroxylation is 1. The van der Waals surface area contributed by atoms with Crippen molar-refractivity contribution in [2.45, 2.75) is 49.6 Å². The van der Waals surface area contributed by atoms with Gasteiger partial charge in [0.15, 0.2) is 0 Å². The third-order valence-electron chi connectivity index (χ3n) is 4.53. The molecular weight excluding hydrogens is 322 g/mol. The summed E-state index contributed by atoms with van der Waals surface area (Å²) in [5.41, 5.74) is 3.25. The number of aliphatic hydroxyl groups excluding tert-OH is 1. The second-order valence-corrected chi connectivity index (χ2v) is 8.23. The molecule has 0 amide bonds. The maximum absolute atomic E-state index is 12.5. The van der Waals surface area contributed by atoms with Gasteiger partial charge in [-0.2, -0.15) is 0 Å². The Bertz CT molecular complexity index is 792. The summed E-state index contributed by atoms with van der Waals surface area (Å²) in [7, 11) is -3.52.